The van der Waals surface area contributed by atoms with Crippen LogP contribution < -0.4 is 10.7 Å². The highest BCUT2D eigenvalue weighted by Crippen LogP contribution is 2.32. The summed E-state index contributed by atoms with van der Waals surface area (Å²) in [5, 5.41) is 21.8. The van der Waals surface area contributed by atoms with Gasteiger partial charge in [0.15, 0.2) is 11.2 Å². The quantitative estimate of drug-likeness (QED) is 0.324. The third-order valence-corrected chi connectivity index (χ3v) is 5.31. The first-order valence-corrected chi connectivity index (χ1v) is 10.9. The molecule has 34 heavy (non-hydrogen) atoms. The summed E-state index contributed by atoms with van der Waals surface area (Å²) in [5.41, 5.74) is 0.869. The van der Waals surface area contributed by atoms with Crippen LogP contribution in [0.4, 0.5) is 5.69 Å². The second kappa shape index (κ2) is 11.0. The van der Waals surface area contributed by atoms with E-state index in [0.29, 0.717) is 16.5 Å². The molecule has 0 fully saturated rings. The van der Waals surface area contributed by atoms with Gasteiger partial charge in [0.25, 0.3) is 5.91 Å². The molecule has 1 amide bonds. The predicted molar refractivity (Wildman–Crippen MR) is 123 cm³/mol. The van der Waals surface area contributed by atoms with Gasteiger partial charge in [-0.3, -0.25) is 9.59 Å². The highest BCUT2D eigenvalue weighted by Gasteiger charge is 2.31. The predicted octanol–water partition coefficient (Wildman–Crippen LogP) is 2.88. The molecule has 3 aromatic rings. The summed E-state index contributed by atoms with van der Waals surface area (Å²) < 4.78 is 22.3. The van der Waals surface area contributed by atoms with E-state index < -0.39 is 18.1 Å². The molecule has 0 unspecified atom stereocenters. The van der Waals surface area contributed by atoms with Gasteiger partial charge in [-0.05, 0) is 30.3 Å². The first-order chi connectivity index (χ1) is 16.6. The lowest BCUT2D eigenvalue weighted by Gasteiger charge is -2.29. The van der Waals surface area contributed by atoms with Gasteiger partial charge in [0.1, 0.15) is 11.3 Å². The molecule has 0 radical (unpaired) electrons. The Morgan fingerprint density at radius 3 is 2.71 bits per heavy atom. The molecule has 0 bridgehead atoms. The minimum atomic E-state index is -0.830. The smallest absolute Gasteiger partial charge is 0.290 e. The SMILES string of the molecule is O=C(Nc1ccccc1O)C1=C[C@H](c2coc3ccccc3c2=O)C[C@H](OCCOCCO)O1. The Kier molecular flexibility index (Phi) is 7.58. The fourth-order valence-corrected chi connectivity index (χ4v) is 3.65. The van der Waals surface area contributed by atoms with Crippen molar-refractivity contribution in [1.29, 1.82) is 0 Å². The van der Waals surface area contributed by atoms with E-state index in [1.807, 2.05) is 0 Å². The number of aliphatic hydroxyl groups excluding tert-OH is 1. The maximum atomic E-state index is 13.1. The zero-order chi connectivity index (χ0) is 23.9. The maximum absolute atomic E-state index is 13.1. The molecule has 0 saturated heterocycles. The van der Waals surface area contributed by atoms with E-state index in [9.17, 15) is 14.7 Å². The lowest BCUT2D eigenvalue weighted by Crippen LogP contribution is -2.31. The van der Waals surface area contributed by atoms with Crippen LogP contribution in [0.25, 0.3) is 11.0 Å². The second-order valence-corrected chi connectivity index (χ2v) is 7.61. The Balaban J connectivity index is 1.60. The van der Waals surface area contributed by atoms with Crippen LogP contribution in [0, 0.1) is 0 Å². The Labute approximate surface area is 195 Å². The van der Waals surface area contributed by atoms with E-state index in [4.69, 9.17) is 23.7 Å². The largest absolute Gasteiger partial charge is 0.506 e. The number of carbonyl (C=O) groups is 1. The number of para-hydroxylation sites is 3. The van der Waals surface area contributed by atoms with E-state index in [-0.39, 0.29) is 55.5 Å². The number of anilines is 1. The van der Waals surface area contributed by atoms with Crippen molar-refractivity contribution in [2.24, 2.45) is 0 Å². The lowest BCUT2D eigenvalue weighted by molar-refractivity contribution is -0.148. The highest BCUT2D eigenvalue weighted by molar-refractivity contribution is 6.03. The Bertz CT molecular complexity index is 1230. The minimum Gasteiger partial charge on any atom is -0.506 e. The number of benzene rings is 2. The lowest BCUT2D eigenvalue weighted by atomic mass is 9.93. The van der Waals surface area contributed by atoms with Gasteiger partial charge >= 0.3 is 0 Å². The molecule has 3 N–H and O–H groups in total. The van der Waals surface area contributed by atoms with Gasteiger partial charge in [0.05, 0.1) is 43.8 Å². The van der Waals surface area contributed by atoms with Crippen molar-refractivity contribution in [3.05, 3.63) is 82.4 Å². The zero-order valence-electron chi connectivity index (χ0n) is 18.3. The van der Waals surface area contributed by atoms with Gasteiger partial charge in [0, 0.05) is 17.9 Å². The molecule has 9 nitrogen and oxygen atoms in total. The van der Waals surface area contributed by atoms with Crippen molar-refractivity contribution >= 4 is 22.6 Å². The van der Waals surface area contributed by atoms with Gasteiger partial charge < -0.3 is 34.2 Å². The molecule has 2 heterocycles. The molecule has 1 aliphatic rings. The fourth-order valence-electron chi connectivity index (χ4n) is 3.65. The summed E-state index contributed by atoms with van der Waals surface area (Å²) >= 11 is 0. The minimum absolute atomic E-state index is 0.0478. The van der Waals surface area contributed by atoms with Crippen LogP contribution in [0.5, 0.6) is 5.75 Å². The number of hydrogen-bond donors (Lipinski definition) is 3. The molecule has 1 aliphatic heterocycles. The number of amides is 1. The molecule has 0 saturated carbocycles. The molecule has 0 aliphatic carbocycles. The summed E-state index contributed by atoms with van der Waals surface area (Å²) in [5.74, 6) is -1.24. The third kappa shape index (κ3) is 5.45. The third-order valence-electron chi connectivity index (χ3n) is 5.31. The van der Waals surface area contributed by atoms with E-state index >= 15 is 0 Å². The van der Waals surface area contributed by atoms with Crippen molar-refractivity contribution in [3.8, 4) is 5.75 Å². The standard InChI is InChI=1S/C25H25NO8/c27-9-10-31-11-12-32-23-14-16(18-15-33-21-8-4-1-5-17(21)24(18)29)13-22(34-23)25(30)26-19-6-2-3-7-20(19)28/h1-8,13,15-16,23,27-28H,9-12,14H2,(H,26,30)/t16-,23+/m0/s1. The van der Waals surface area contributed by atoms with Crippen LogP contribution in [-0.4, -0.2) is 48.8 Å². The number of fused-ring (bicyclic) bond motifs is 1. The molecule has 2 atom stereocenters. The summed E-state index contributed by atoms with van der Waals surface area (Å²) in [4.78, 5) is 26.1. The summed E-state index contributed by atoms with van der Waals surface area (Å²) in [6, 6.07) is 13.3. The topological polar surface area (TPSA) is 127 Å². The molecule has 178 valence electrons. The number of rotatable bonds is 9. The summed E-state index contributed by atoms with van der Waals surface area (Å²) in [7, 11) is 0. The van der Waals surface area contributed by atoms with Gasteiger partial charge in [-0.2, -0.15) is 0 Å². The number of hydrogen-bond acceptors (Lipinski definition) is 8. The van der Waals surface area contributed by atoms with Gasteiger partial charge in [-0.15, -0.1) is 0 Å². The molecule has 4 rings (SSSR count). The van der Waals surface area contributed by atoms with Crippen molar-refractivity contribution in [3.63, 3.8) is 0 Å². The average molecular weight is 467 g/mol. The number of aromatic hydroxyl groups is 1. The van der Waals surface area contributed by atoms with Crippen molar-refractivity contribution in [2.45, 2.75) is 18.6 Å². The Hall–Kier alpha value is -3.66. The molecular formula is C25H25NO8. The fraction of sp³-hybridized carbons (Fsp3) is 0.280. The number of ether oxygens (including phenoxy) is 3. The zero-order valence-corrected chi connectivity index (χ0v) is 18.3. The van der Waals surface area contributed by atoms with Gasteiger partial charge in [-0.1, -0.05) is 24.3 Å². The first kappa shape index (κ1) is 23.5. The maximum Gasteiger partial charge on any atom is 0.290 e. The molecule has 2 aromatic carbocycles. The molecular weight excluding hydrogens is 442 g/mol. The van der Waals surface area contributed by atoms with E-state index in [1.165, 1.54) is 12.3 Å². The normalized spacial score (nSPS) is 17.7. The van der Waals surface area contributed by atoms with Crippen LogP contribution in [0.2, 0.25) is 0 Å². The van der Waals surface area contributed by atoms with Gasteiger partial charge in [-0.25, -0.2) is 0 Å². The van der Waals surface area contributed by atoms with E-state index in [1.54, 1.807) is 48.5 Å². The van der Waals surface area contributed by atoms with Crippen LogP contribution in [0.3, 0.4) is 0 Å². The number of phenols is 1. The number of allylic oxidation sites excluding steroid dienone is 1. The monoisotopic (exact) mass is 467 g/mol. The number of phenolic OH excluding ortho intramolecular Hbond substituents is 1. The number of nitrogens with one attached hydrogen (secondary N) is 1. The molecule has 9 heteroatoms. The Morgan fingerprint density at radius 1 is 1.09 bits per heavy atom. The van der Waals surface area contributed by atoms with Crippen LogP contribution in [0.1, 0.15) is 17.9 Å². The first-order valence-electron chi connectivity index (χ1n) is 10.9. The van der Waals surface area contributed by atoms with Crippen LogP contribution in [0.15, 0.2) is 75.8 Å². The summed E-state index contributed by atoms with van der Waals surface area (Å²) in [6.07, 6.45) is 2.40. The summed E-state index contributed by atoms with van der Waals surface area (Å²) in [6.45, 7) is 0.479. The van der Waals surface area contributed by atoms with E-state index in [0.717, 1.165) is 0 Å². The van der Waals surface area contributed by atoms with Crippen molar-refractivity contribution in [2.75, 3.05) is 31.7 Å². The molecule has 0 spiro atoms. The van der Waals surface area contributed by atoms with Gasteiger partial charge in [0.2, 0.25) is 6.29 Å². The van der Waals surface area contributed by atoms with Crippen molar-refractivity contribution < 1.29 is 33.6 Å². The average Bonchev–Trinajstić information content (AvgIpc) is 2.85. The van der Waals surface area contributed by atoms with Crippen LogP contribution in [-0.2, 0) is 19.0 Å². The Morgan fingerprint density at radius 2 is 1.88 bits per heavy atom. The van der Waals surface area contributed by atoms with E-state index in [2.05, 4.69) is 5.32 Å². The second-order valence-electron chi connectivity index (χ2n) is 7.61. The number of aliphatic hydroxyl groups is 1. The highest BCUT2D eigenvalue weighted by atomic mass is 16.7. The number of carbonyl (C=O) groups excluding carboxylic acids is 1. The molecule has 1 aromatic heterocycles. The van der Waals surface area contributed by atoms with Crippen molar-refractivity contribution in [1.82, 2.24) is 0 Å². The van der Waals surface area contributed by atoms with Crippen LogP contribution >= 0.6 is 0 Å².